The zero-order valence-corrected chi connectivity index (χ0v) is 15.4. The summed E-state index contributed by atoms with van der Waals surface area (Å²) < 4.78 is 0. The lowest BCUT2D eigenvalue weighted by atomic mass is 10.1. The molecule has 24 heavy (non-hydrogen) atoms. The summed E-state index contributed by atoms with van der Waals surface area (Å²) >= 11 is 0. The van der Waals surface area contributed by atoms with Crippen LogP contribution in [0.2, 0.25) is 0 Å². The molecule has 0 spiro atoms. The number of carboxylic acid groups (broad SMARTS) is 1. The highest BCUT2D eigenvalue weighted by molar-refractivity contribution is 5.83. The van der Waals surface area contributed by atoms with E-state index in [1.54, 1.807) is 0 Å². The number of rotatable bonds is 15. The summed E-state index contributed by atoms with van der Waals surface area (Å²) in [6.07, 6.45) is 20.7. The molecule has 1 atom stereocenters. The van der Waals surface area contributed by atoms with Crippen molar-refractivity contribution in [1.29, 1.82) is 0 Å². The molecular formula is C20H35NO3. The molecule has 0 saturated carbocycles. The number of nitrogens with one attached hydrogen (secondary N) is 1. The first-order valence-corrected chi connectivity index (χ1v) is 9.40. The predicted molar refractivity (Wildman–Crippen MR) is 100.0 cm³/mol. The molecule has 0 aliphatic rings. The van der Waals surface area contributed by atoms with E-state index in [2.05, 4.69) is 36.5 Å². The predicted octanol–water partition coefficient (Wildman–Crippen LogP) is 5.00. The van der Waals surface area contributed by atoms with Crippen LogP contribution in [0.4, 0.5) is 0 Å². The Morgan fingerprint density at radius 3 is 2.12 bits per heavy atom. The van der Waals surface area contributed by atoms with Crippen molar-refractivity contribution in [2.45, 2.75) is 90.5 Å². The molecule has 0 heterocycles. The Kier molecular flexibility index (Phi) is 15.2. The highest BCUT2D eigenvalue weighted by Gasteiger charge is 2.12. The monoisotopic (exact) mass is 337 g/mol. The van der Waals surface area contributed by atoms with Crippen molar-refractivity contribution in [3.05, 3.63) is 24.3 Å². The number of carbonyl (C=O) groups excluding carboxylic acids is 1. The van der Waals surface area contributed by atoms with Crippen LogP contribution in [-0.2, 0) is 9.59 Å². The molecule has 0 aromatic rings. The van der Waals surface area contributed by atoms with E-state index in [1.807, 2.05) is 0 Å². The SMILES string of the molecule is CCCC/C=C\C/C=C\CCCCCCCC(=O)N[C@@H](C)C(=O)O. The van der Waals surface area contributed by atoms with Gasteiger partial charge in [-0.25, -0.2) is 0 Å². The van der Waals surface area contributed by atoms with Crippen molar-refractivity contribution in [1.82, 2.24) is 5.32 Å². The van der Waals surface area contributed by atoms with Gasteiger partial charge in [-0.15, -0.1) is 0 Å². The first-order valence-electron chi connectivity index (χ1n) is 9.40. The number of allylic oxidation sites excluding steroid dienone is 4. The molecule has 138 valence electrons. The van der Waals surface area contributed by atoms with Gasteiger partial charge >= 0.3 is 5.97 Å². The Balaban J connectivity index is 3.37. The van der Waals surface area contributed by atoms with Gasteiger partial charge in [0.2, 0.25) is 5.91 Å². The number of carboxylic acids is 1. The number of aliphatic carboxylic acids is 1. The maximum atomic E-state index is 11.5. The van der Waals surface area contributed by atoms with Crippen LogP contribution in [0.5, 0.6) is 0 Å². The maximum Gasteiger partial charge on any atom is 0.325 e. The second-order valence-corrected chi connectivity index (χ2v) is 6.25. The molecule has 0 saturated heterocycles. The van der Waals surface area contributed by atoms with Crippen molar-refractivity contribution in [3.8, 4) is 0 Å². The van der Waals surface area contributed by atoms with Crippen molar-refractivity contribution >= 4 is 11.9 Å². The topological polar surface area (TPSA) is 66.4 Å². The minimum atomic E-state index is -0.993. The molecule has 0 bridgehead atoms. The summed E-state index contributed by atoms with van der Waals surface area (Å²) in [6.45, 7) is 3.69. The minimum Gasteiger partial charge on any atom is -0.480 e. The summed E-state index contributed by atoms with van der Waals surface area (Å²) in [5.74, 6) is -1.16. The summed E-state index contributed by atoms with van der Waals surface area (Å²) in [5.41, 5.74) is 0. The Morgan fingerprint density at radius 2 is 1.50 bits per heavy atom. The summed E-state index contributed by atoms with van der Waals surface area (Å²) in [6, 6.07) is -0.800. The second-order valence-electron chi connectivity index (χ2n) is 6.25. The standard InChI is InChI=1S/C20H35NO3/c1-3-4-5-6-7-8-9-10-11-12-13-14-15-16-17-19(22)21-18(2)20(23)24/h6-7,9-10,18H,3-5,8,11-17H2,1-2H3,(H,21,22)(H,23,24)/b7-6-,10-9-/t18-/m0/s1. The van der Waals surface area contributed by atoms with Gasteiger partial charge < -0.3 is 10.4 Å². The van der Waals surface area contributed by atoms with E-state index in [0.717, 1.165) is 32.1 Å². The van der Waals surface area contributed by atoms with E-state index < -0.39 is 12.0 Å². The number of hydrogen-bond acceptors (Lipinski definition) is 2. The average molecular weight is 338 g/mol. The Morgan fingerprint density at radius 1 is 0.917 bits per heavy atom. The zero-order valence-electron chi connectivity index (χ0n) is 15.4. The molecule has 4 heteroatoms. The molecule has 0 aliphatic carbocycles. The Labute approximate surface area is 147 Å². The number of carbonyl (C=O) groups is 2. The number of unbranched alkanes of at least 4 members (excludes halogenated alkanes) is 7. The van der Waals surface area contributed by atoms with E-state index in [-0.39, 0.29) is 5.91 Å². The zero-order chi connectivity index (χ0) is 18.0. The third kappa shape index (κ3) is 15.3. The summed E-state index contributed by atoms with van der Waals surface area (Å²) in [4.78, 5) is 22.1. The van der Waals surface area contributed by atoms with Crippen LogP contribution in [0.3, 0.4) is 0 Å². The Hall–Kier alpha value is -1.58. The lowest BCUT2D eigenvalue weighted by molar-refractivity contribution is -0.141. The number of hydrogen-bond donors (Lipinski definition) is 2. The normalized spacial score (nSPS) is 12.8. The van der Waals surface area contributed by atoms with E-state index in [9.17, 15) is 9.59 Å². The van der Waals surface area contributed by atoms with Gasteiger partial charge in [-0.1, -0.05) is 63.3 Å². The highest BCUT2D eigenvalue weighted by atomic mass is 16.4. The Bertz CT molecular complexity index is 388. The van der Waals surface area contributed by atoms with Crippen LogP contribution in [-0.4, -0.2) is 23.0 Å². The van der Waals surface area contributed by atoms with E-state index >= 15 is 0 Å². The van der Waals surface area contributed by atoms with Crippen molar-refractivity contribution < 1.29 is 14.7 Å². The fourth-order valence-electron chi connectivity index (χ4n) is 2.28. The first kappa shape index (κ1) is 22.4. The van der Waals surface area contributed by atoms with Gasteiger partial charge in [0.25, 0.3) is 0 Å². The molecule has 0 aromatic heterocycles. The third-order valence-corrected chi connectivity index (χ3v) is 3.85. The van der Waals surface area contributed by atoms with Crippen molar-refractivity contribution in [3.63, 3.8) is 0 Å². The fraction of sp³-hybridized carbons (Fsp3) is 0.700. The number of amides is 1. The van der Waals surface area contributed by atoms with E-state index in [4.69, 9.17) is 5.11 Å². The highest BCUT2D eigenvalue weighted by Crippen LogP contribution is 2.08. The molecule has 0 rings (SSSR count). The van der Waals surface area contributed by atoms with E-state index in [0.29, 0.717) is 6.42 Å². The van der Waals surface area contributed by atoms with Crippen molar-refractivity contribution in [2.75, 3.05) is 0 Å². The molecule has 0 fully saturated rings. The van der Waals surface area contributed by atoms with Crippen LogP contribution < -0.4 is 5.32 Å². The second kappa shape index (κ2) is 16.3. The molecule has 0 aromatic carbocycles. The van der Waals surface area contributed by atoms with Gasteiger partial charge in [-0.2, -0.15) is 0 Å². The average Bonchev–Trinajstić information content (AvgIpc) is 2.55. The summed E-state index contributed by atoms with van der Waals surface area (Å²) in [7, 11) is 0. The molecule has 2 N–H and O–H groups in total. The molecule has 0 unspecified atom stereocenters. The van der Waals surface area contributed by atoms with E-state index in [1.165, 1.54) is 39.0 Å². The maximum absolute atomic E-state index is 11.5. The first-order chi connectivity index (χ1) is 11.6. The van der Waals surface area contributed by atoms with Crippen LogP contribution in [0, 0.1) is 0 Å². The van der Waals surface area contributed by atoms with Gasteiger partial charge in [0.1, 0.15) is 6.04 Å². The lowest BCUT2D eigenvalue weighted by Crippen LogP contribution is -2.38. The van der Waals surface area contributed by atoms with Crippen LogP contribution in [0.15, 0.2) is 24.3 Å². The molecule has 4 nitrogen and oxygen atoms in total. The minimum absolute atomic E-state index is 0.167. The van der Waals surface area contributed by atoms with Crippen LogP contribution >= 0.6 is 0 Å². The smallest absolute Gasteiger partial charge is 0.325 e. The van der Waals surface area contributed by atoms with Gasteiger partial charge in [-0.3, -0.25) is 9.59 Å². The van der Waals surface area contributed by atoms with Gasteiger partial charge in [0, 0.05) is 6.42 Å². The molecule has 0 radical (unpaired) electrons. The fourth-order valence-corrected chi connectivity index (χ4v) is 2.28. The third-order valence-electron chi connectivity index (χ3n) is 3.85. The summed E-state index contributed by atoms with van der Waals surface area (Å²) in [5, 5.41) is 11.2. The lowest BCUT2D eigenvalue weighted by Gasteiger charge is -2.08. The quantitative estimate of drug-likeness (QED) is 0.326. The van der Waals surface area contributed by atoms with Crippen molar-refractivity contribution in [2.24, 2.45) is 0 Å². The van der Waals surface area contributed by atoms with Crippen LogP contribution in [0.1, 0.15) is 84.5 Å². The van der Waals surface area contributed by atoms with Gasteiger partial charge in [-0.05, 0) is 39.0 Å². The van der Waals surface area contributed by atoms with Gasteiger partial charge in [0.05, 0.1) is 0 Å². The molecule has 1 amide bonds. The molecule has 0 aliphatic heterocycles. The molecular weight excluding hydrogens is 302 g/mol. The van der Waals surface area contributed by atoms with Crippen LogP contribution in [0.25, 0.3) is 0 Å². The van der Waals surface area contributed by atoms with Gasteiger partial charge in [0.15, 0.2) is 0 Å². The largest absolute Gasteiger partial charge is 0.480 e.